The number of carbonyl (C=O) groups excluding carboxylic acids is 1. The molecule has 1 unspecified atom stereocenters. The largest absolute Gasteiger partial charge is 0.298 e. The molecule has 80 valence electrons. The summed E-state index contributed by atoms with van der Waals surface area (Å²) < 4.78 is 0.340. The molecule has 0 amide bonds. The van der Waals surface area contributed by atoms with Gasteiger partial charge in [0.1, 0.15) is 5.78 Å². The van der Waals surface area contributed by atoms with Crippen LogP contribution in [0.1, 0.15) is 17.3 Å². The van der Waals surface area contributed by atoms with Crippen molar-refractivity contribution in [1.82, 2.24) is 0 Å². The number of rotatable bonds is 3. The molecule has 0 aromatic heterocycles. The predicted molar refractivity (Wildman–Crippen MR) is 63.1 cm³/mol. The molecule has 15 heavy (non-hydrogen) atoms. The zero-order chi connectivity index (χ0) is 11.6. The third-order valence-electron chi connectivity index (χ3n) is 1.83. The van der Waals surface area contributed by atoms with Gasteiger partial charge in [0.25, 0.3) is 5.69 Å². The minimum absolute atomic E-state index is 0.0433. The van der Waals surface area contributed by atoms with Crippen LogP contribution in [0.3, 0.4) is 0 Å². The number of benzene rings is 1. The summed E-state index contributed by atoms with van der Waals surface area (Å²) in [6.07, 6.45) is 0. The molecule has 0 aliphatic heterocycles. The van der Waals surface area contributed by atoms with Crippen LogP contribution in [0.25, 0.3) is 0 Å². The number of Topliss-reactive ketones (excluding diaryl/α,β-unsaturated/α-hetero) is 1. The second-order valence-electron chi connectivity index (χ2n) is 2.91. The minimum Gasteiger partial charge on any atom is -0.298 e. The Kier molecular flexibility index (Phi) is 3.98. The van der Waals surface area contributed by atoms with Crippen LogP contribution in [0, 0.1) is 10.1 Å². The number of nitro groups is 1. The SMILES string of the molecule is CC(=O)C(Br)c1cccc([N+](=O)[O-])c1Br. The van der Waals surface area contributed by atoms with Gasteiger partial charge >= 0.3 is 0 Å². The molecule has 1 aromatic rings. The van der Waals surface area contributed by atoms with Crippen molar-refractivity contribution in [2.24, 2.45) is 0 Å². The van der Waals surface area contributed by atoms with Crippen molar-refractivity contribution >= 4 is 43.3 Å². The van der Waals surface area contributed by atoms with E-state index < -0.39 is 9.75 Å². The summed E-state index contributed by atoms with van der Waals surface area (Å²) in [7, 11) is 0. The van der Waals surface area contributed by atoms with Gasteiger partial charge in [-0.1, -0.05) is 28.1 Å². The molecule has 0 N–H and O–H groups in total. The topological polar surface area (TPSA) is 60.2 Å². The first-order valence-electron chi connectivity index (χ1n) is 4.02. The molecule has 0 heterocycles. The van der Waals surface area contributed by atoms with Crippen molar-refractivity contribution in [3.63, 3.8) is 0 Å². The molecular weight excluding hydrogens is 330 g/mol. The van der Waals surface area contributed by atoms with Gasteiger partial charge in [0.15, 0.2) is 0 Å². The molecule has 0 spiro atoms. The first kappa shape index (κ1) is 12.3. The number of alkyl halides is 1. The Morgan fingerprint density at radius 1 is 1.53 bits per heavy atom. The van der Waals surface area contributed by atoms with E-state index in [1.54, 1.807) is 12.1 Å². The Morgan fingerprint density at radius 2 is 2.13 bits per heavy atom. The minimum atomic E-state index is -0.522. The fourth-order valence-electron chi connectivity index (χ4n) is 1.09. The van der Waals surface area contributed by atoms with Crippen LogP contribution in [0.15, 0.2) is 22.7 Å². The Balaban J connectivity index is 3.26. The Bertz CT molecular complexity index is 420. The van der Waals surface area contributed by atoms with E-state index in [0.29, 0.717) is 10.0 Å². The summed E-state index contributed by atoms with van der Waals surface area (Å²) >= 11 is 6.31. The van der Waals surface area contributed by atoms with Gasteiger partial charge in [-0.25, -0.2) is 0 Å². The number of ketones is 1. The smallest absolute Gasteiger partial charge is 0.283 e. The highest BCUT2D eigenvalue weighted by Gasteiger charge is 2.21. The maximum Gasteiger partial charge on any atom is 0.283 e. The monoisotopic (exact) mass is 335 g/mol. The van der Waals surface area contributed by atoms with Crippen molar-refractivity contribution in [3.8, 4) is 0 Å². The van der Waals surface area contributed by atoms with E-state index in [0.717, 1.165) is 0 Å². The molecule has 0 radical (unpaired) electrons. The van der Waals surface area contributed by atoms with Gasteiger partial charge in [-0.3, -0.25) is 14.9 Å². The highest BCUT2D eigenvalue weighted by Crippen LogP contribution is 2.35. The highest BCUT2D eigenvalue weighted by molar-refractivity contribution is 9.11. The maximum atomic E-state index is 11.1. The number of nitro benzene ring substituents is 1. The molecule has 1 atom stereocenters. The predicted octanol–water partition coefficient (Wildman–Crippen LogP) is 3.38. The highest BCUT2D eigenvalue weighted by atomic mass is 79.9. The second kappa shape index (κ2) is 4.85. The van der Waals surface area contributed by atoms with Gasteiger partial charge in [0.2, 0.25) is 0 Å². The van der Waals surface area contributed by atoms with E-state index in [1.165, 1.54) is 13.0 Å². The quantitative estimate of drug-likeness (QED) is 0.483. The van der Waals surface area contributed by atoms with Crippen LogP contribution in [-0.2, 0) is 4.79 Å². The molecule has 0 bridgehead atoms. The number of nitrogens with zero attached hydrogens (tertiary/aromatic N) is 1. The number of carbonyl (C=O) groups is 1. The van der Waals surface area contributed by atoms with E-state index in [-0.39, 0.29) is 11.5 Å². The summed E-state index contributed by atoms with van der Waals surface area (Å²) in [5.74, 6) is -0.101. The molecule has 0 saturated heterocycles. The van der Waals surface area contributed by atoms with Gasteiger partial charge < -0.3 is 0 Å². The molecule has 1 aromatic carbocycles. The standard InChI is InChI=1S/C9H7Br2NO3/c1-5(13)8(10)6-3-2-4-7(9(6)11)12(14)15/h2-4,8H,1H3. The second-order valence-corrected chi connectivity index (χ2v) is 4.62. The summed E-state index contributed by atoms with van der Waals surface area (Å²) in [6, 6.07) is 4.60. The first-order valence-corrected chi connectivity index (χ1v) is 5.73. The summed E-state index contributed by atoms with van der Waals surface area (Å²) in [5.41, 5.74) is 0.523. The van der Waals surface area contributed by atoms with E-state index in [9.17, 15) is 14.9 Å². The zero-order valence-electron chi connectivity index (χ0n) is 7.74. The van der Waals surface area contributed by atoms with Crippen molar-refractivity contribution in [1.29, 1.82) is 0 Å². The molecule has 0 fully saturated rings. The first-order chi connectivity index (χ1) is 6.95. The van der Waals surface area contributed by atoms with Gasteiger partial charge in [0, 0.05) is 6.07 Å². The van der Waals surface area contributed by atoms with E-state index >= 15 is 0 Å². The molecule has 1 rings (SSSR count). The Morgan fingerprint density at radius 3 is 2.60 bits per heavy atom. The summed E-state index contributed by atoms with van der Waals surface area (Å²) in [6.45, 7) is 1.42. The molecule has 0 saturated carbocycles. The van der Waals surface area contributed by atoms with Gasteiger partial charge in [-0.15, -0.1) is 0 Å². The van der Waals surface area contributed by atoms with Crippen LogP contribution >= 0.6 is 31.9 Å². The molecule has 0 aliphatic carbocycles. The molecule has 6 heteroatoms. The lowest BCUT2D eigenvalue weighted by molar-refractivity contribution is -0.385. The maximum absolute atomic E-state index is 11.1. The summed E-state index contributed by atoms with van der Waals surface area (Å²) in [4.78, 5) is 20.8. The van der Waals surface area contributed by atoms with E-state index in [4.69, 9.17) is 0 Å². The molecule has 4 nitrogen and oxygen atoms in total. The third kappa shape index (κ3) is 2.63. The van der Waals surface area contributed by atoms with Crippen molar-refractivity contribution in [2.75, 3.05) is 0 Å². The van der Waals surface area contributed by atoms with E-state index in [1.807, 2.05) is 0 Å². The number of hydrogen-bond donors (Lipinski definition) is 0. The molecule has 0 aliphatic rings. The fourth-order valence-corrected chi connectivity index (χ4v) is 2.42. The van der Waals surface area contributed by atoms with Gasteiger partial charge in [-0.2, -0.15) is 0 Å². The fraction of sp³-hybridized carbons (Fsp3) is 0.222. The molecular formula is C9H7Br2NO3. The lowest BCUT2D eigenvalue weighted by Gasteiger charge is -2.08. The van der Waals surface area contributed by atoms with Crippen LogP contribution < -0.4 is 0 Å². The average Bonchev–Trinajstić information content (AvgIpc) is 2.16. The average molecular weight is 337 g/mol. The van der Waals surface area contributed by atoms with Crippen molar-refractivity contribution in [3.05, 3.63) is 38.3 Å². The van der Waals surface area contributed by atoms with E-state index in [2.05, 4.69) is 31.9 Å². The third-order valence-corrected chi connectivity index (χ3v) is 3.84. The van der Waals surface area contributed by atoms with Crippen LogP contribution in [0.4, 0.5) is 5.69 Å². The lowest BCUT2D eigenvalue weighted by Crippen LogP contribution is -2.03. The Hall–Kier alpha value is -0.750. The lowest BCUT2D eigenvalue weighted by atomic mass is 10.1. The Labute approximate surface area is 103 Å². The van der Waals surface area contributed by atoms with Crippen LogP contribution in [-0.4, -0.2) is 10.7 Å². The van der Waals surface area contributed by atoms with Crippen LogP contribution in [0.5, 0.6) is 0 Å². The summed E-state index contributed by atoms with van der Waals surface area (Å²) in [5, 5.41) is 10.6. The normalized spacial score (nSPS) is 12.2. The number of halogens is 2. The van der Waals surface area contributed by atoms with Crippen LogP contribution in [0.2, 0.25) is 0 Å². The van der Waals surface area contributed by atoms with Crippen molar-refractivity contribution in [2.45, 2.75) is 11.8 Å². The zero-order valence-corrected chi connectivity index (χ0v) is 10.9. The van der Waals surface area contributed by atoms with Gasteiger partial charge in [0.05, 0.1) is 14.2 Å². The van der Waals surface area contributed by atoms with Gasteiger partial charge in [-0.05, 0) is 28.4 Å². The number of hydrogen-bond acceptors (Lipinski definition) is 3. The van der Waals surface area contributed by atoms with Crippen molar-refractivity contribution < 1.29 is 9.72 Å².